The summed E-state index contributed by atoms with van der Waals surface area (Å²) in [6.07, 6.45) is 2.52. The molecule has 16 heavy (non-hydrogen) atoms. The zero-order chi connectivity index (χ0) is 11.7. The van der Waals surface area contributed by atoms with Crippen molar-refractivity contribution in [3.05, 3.63) is 28.2 Å². The molecule has 1 saturated carbocycles. The van der Waals surface area contributed by atoms with Gasteiger partial charge in [-0.3, -0.25) is 0 Å². The second kappa shape index (κ2) is 4.67. The molecule has 1 fully saturated rings. The number of benzene rings is 1. The van der Waals surface area contributed by atoms with Gasteiger partial charge in [-0.15, -0.1) is 0 Å². The number of rotatable bonds is 2. The Balaban J connectivity index is 2.15. The van der Waals surface area contributed by atoms with Crippen LogP contribution in [0.25, 0.3) is 0 Å². The van der Waals surface area contributed by atoms with E-state index in [1.807, 2.05) is 0 Å². The molecule has 2 rings (SSSR count). The maximum Gasteiger partial charge on any atom is 0.150 e. The molecular formula is C11H13BrF2N2. The van der Waals surface area contributed by atoms with E-state index in [4.69, 9.17) is 5.73 Å². The van der Waals surface area contributed by atoms with E-state index < -0.39 is 11.6 Å². The normalized spacial score (nSPS) is 24.8. The van der Waals surface area contributed by atoms with E-state index in [9.17, 15) is 8.78 Å². The highest BCUT2D eigenvalue weighted by atomic mass is 79.9. The third-order valence-electron chi connectivity index (χ3n) is 2.83. The van der Waals surface area contributed by atoms with Crippen LogP contribution >= 0.6 is 15.9 Å². The minimum atomic E-state index is -0.577. The number of hydrogen-bond donors (Lipinski definition) is 2. The highest BCUT2D eigenvalue weighted by molar-refractivity contribution is 9.10. The molecule has 0 heterocycles. The Labute approximate surface area is 101 Å². The molecule has 1 aromatic rings. The van der Waals surface area contributed by atoms with Gasteiger partial charge in [-0.05, 0) is 31.4 Å². The fraction of sp³-hybridized carbons (Fsp3) is 0.455. The van der Waals surface area contributed by atoms with Gasteiger partial charge in [-0.2, -0.15) is 0 Å². The number of halogens is 3. The predicted octanol–water partition coefficient (Wildman–Crippen LogP) is 3.02. The lowest BCUT2D eigenvalue weighted by molar-refractivity contribution is 0.578. The fourth-order valence-corrected chi connectivity index (χ4v) is 2.43. The van der Waals surface area contributed by atoms with Crippen molar-refractivity contribution >= 4 is 21.6 Å². The number of nitrogens with two attached hydrogens (primary N) is 1. The number of anilines is 1. The molecule has 0 saturated heterocycles. The lowest BCUT2D eigenvalue weighted by Crippen LogP contribution is -2.21. The molecule has 0 aromatic heterocycles. The van der Waals surface area contributed by atoms with E-state index in [2.05, 4.69) is 21.2 Å². The van der Waals surface area contributed by atoms with Gasteiger partial charge in [0.15, 0.2) is 0 Å². The van der Waals surface area contributed by atoms with Crippen LogP contribution in [0, 0.1) is 11.6 Å². The molecule has 2 nitrogen and oxygen atoms in total. The summed E-state index contributed by atoms with van der Waals surface area (Å²) in [4.78, 5) is 0. The Hall–Kier alpha value is -0.680. The molecule has 3 N–H and O–H groups in total. The molecule has 5 heteroatoms. The maximum atomic E-state index is 13.5. The largest absolute Gasteiger partial charge is 0.378 e. The van der Waals surface area contributed by atoms with Gasteiger partial charge < -0.3 is 11.1 Å². The SMILES string of the molecule is NC1CCC(Nc2c(F)cc(Br)cc2F)C1. The molecule has 2 unspecified atom stereocenters. The van der Waals surface area contributed by atoms with E-state index in [0.29, 0.717) is 4.47 Å². The average Bonchev–Trinajstić information content (AvgIpc) is 2.58. The van der Waals surface area contributed by atoms with Crippen molar-refractivity contribution in [3.8, 4) is 0 Å². The molecule has 0 radical (unpaired) electrons. The van der Waals surface area contributed by atoms with Gasteiger partial charge in [0.1, 0.15) is 17.3 Å². The molecule has 1 aromatic carbocycles. The van der Waals surface area contributed by atoms with Crippen molar-refractivity contribution in [3.63, 3.8) is 0 Å². The first-order valence-corrected chi connectivity index (χ1v) is 6.02. The van der Waals surface area contributed by atoms with Crippen LogP contribution in [0.4, 0.5) is 14.5 Å². The van der Waals surface area contributed by atoms with Crippen LogP contribution < -0.4 is 11.1 Å². The summed E-state index contributed by atoms with van der Waals surface area (Å²) in [5, 5.41) is 2.88. The second-order valence-corrected chi connectivity index (χ2v) is 5.07. The molecule has 2 atom stereocenters. The van der Waals surface area contributed by atoms with Crippen LogP contribution in [0.3, 0.4) is 0 Å². The van der Waals surface area contributed by atoms with Crippen molar-refractivity contribution in [1.29, 1.82) is 0 Å². The highest BCUT2D eigenvalue weighted by Crippen LogP contribution is 2.27. The van der Waals surface area contributed by atoms with E-state index in [1.165, 1.54) is 12.1 Å². The van der Waals surface area contributed by atoms with Crippen LogP contribution in [0.1, 0.15) is 19.3 Å². The van der Waals surface area contributed by atoms with Crippen molar-refractivity contribution < 1.29 is 8.78 Å². The Morgan fingerprint density at radius 3 is 2.38 bits per heavy atom. The summed E-state index contributed by atoms with van der Waals surface area (Å²) >= 11 is 3.04. The Kier molecular flexibility index (Phi) is 3.44. The molecule has 0 aliphatic heterocycles. The number of nitrogens with one attached hydrogen (secondary N) is 1. The molecule has 0 spiro atoms. The van der Waals surface area contributed by atoms with Crippen molar-refractivity contribution in [2.75, 3.05) is 5.32 Å². The van der Waals surface area contributed by atoms with Gasteiger partial charge in [-0.25, -0.2) is 8.78 Å². The van der Waals surface area contributed by atoms with Crippen molar-refractivity contribution in [2.24, 2.45) is 5.73 Å². The van der Waals surface area contributed by atoms with Crippen LogP contribution in [0.5, 0.6) is 0 Å². The van der Waals surface area contributed by atoms with Crippen molar-refractivity contribution in [1.82, 2.24) is 0 Å². The average molecular weight is 291 g/mol. The van der Waals surface area contributed by atoms with E-state index in [-0.39, 0.29) is 17.8 Å². The third kappa shape index (κ3) is 2.52. The first-order chi connectivity index (χ1) is 7.56. The summed E-state index contributed by atoms with van der Waals surface area (Å²) in [6.45, 7) is 0. The zero-order valence-electron chi connectivity index (χ0n) is 8.64. The predicted molar refractivity (Wildman–Crippen MR) is 63.3 cm³/mol. The highest BCUT2D eigenvalue weighted by Gasteiger charge is 2.23. The van der Waals surface area contributed by atoms with Crippen LogP contribution in [-0.4, -0.2) is 12.1 Å². The third-order valence-corrected chi connectivity index (χ3v) is 3.29. The van der Waals surface area contributed by atoms with Crippen LogP contribution in [0.2, 0.25) is 0 Å². The topological polar surface area (TPSA) is 38.0 Å². The molecule has 0 bridgehead atoms. The van der Waals surface area contributed by atoms with E-state index in [0.717, 1.165) is 19.3 Å². The first kappa shape index (κ1) is 11.8. The summed E-state index contributed by atoms with van der Waals surface area (Å²) in [7, 11) is 0. The summed E-state index contributed by atoms with van der Waals surface area (Å²) in [5.41, 5.74) is 5.69. The lowest BCUT2D eigenvalue weighted by atomic mass is 10.2. The monoisotopic (exact) mass is 290 g/mol. The maximum absolute atomic E-state index is 13.5. The van der Waals surface area contributed by atoms with Gasteiger partial charge in [0.2, 0.25) is 0 Å². The van der Waals surface area contributed by atoms with Crippen molar-refractivity contribution in [2.45, 2.75) is 31.3 Å². The molecular weight excluding hydrogens is 278 g/mol. The van der Waals surface area contributed by atoms with Gasteiger partial charge in [0.05, 0.1) is 0 Å². The quantitative estimate of drug-likeness (QED) is 0.879. The Morgan fingerprint density at radius 2 is 1.88 bits per heavy atom. The first-order valence-electron chi connectivity index (χ1n) is 5.23. The number of hydrogen-bond acceptors (Lipinski definition) is 2. The zero-order valence-corrected chi connectivity index (χ0v) is 10.2. The summed E-state index contributed by atoms with van der Waals surface area (Å²) in [6, 6.07) is 2.71. The smallest absolute Gasteiger partial charge is 0.150 e. The summed E-state index contributed by atoms with van der Waals surface area (Å²) < 4.78 is 27.4. The lowest BCUT2D eigenvalue weighted by Gasteiger charge is -2.15. The molecule has 0 amide bonds. The van der Waals surface area contributed by atoms with Gasteiger partial charge in [0, 0.05) is 16.6 Å². The molecule has 1 aliphatic carbocycles. The Bertz CT molecular complexity index is 375. The standard InChI is InChI=1S/C11H13BrF2N2/c12-6-3-9(13)11(10(14)4-6)16-8-2-1-7(15)5-8/h3-4,7-8,16H,1-2,5,15H2. The van der Waals surface area contributed by atoms with E-state index in [1.54, 1.807) is 0 Å². The summed E-state index contributed by atoms with van der Waals surface area (Å²) in [5.74, 6) is -1.15. The minimum Gasteiger partial charge on any atom is -0.378 e. The van der Waals surface area contributed by atoms with Gasteiger partial charge in [0.25, 0.3) is 0 Å². The minimum absolute atomic E-state index is 0.0534. The van der Waals surface area contributed by atoms with Crippen LogP contribution in [0.15, 0.2) is 16.6 Å². The fourth-order valence-electron chi connectivity index (χ4n) is 2.03. The van der Waals surface area contributed by atoms with Gasteiger partial charge >= 0.3 is 0 Å². The van der Waals surface area contributed by atoms with Crippen LogP contribution in [-0.2, 0) is 0 Å². The second-order valence-electron chi connectivity index (χ2n) is 4.16. The van der Waals surface area contributed by atoms with E-state index >= 15 is 0 Å². The molecule has 1 aliphatic rings. The van der Waals surface area contributed by atoms with Gasteiger partial charge in [-0.1, -0.05) is 15.9 Å². The Morgan fingerprint density at radius 1 is 1.25 bits per heavy atom. The molecule has 88 valence electrons.